The molecule has 2 fully saturated rings. The van der Waals surface area contributed by atoms with Crippen molar-refractivity contribution in [3.8, 4) is 22.7 Å². The van der Waals surface area contributed by atoms with Gasteiger partial charge in [0.25, 0.3) is 5.56 Å². The van der Waals surface area contributed by atoms with Crippen molar-refractivity contribution in [1.29, 1.82) is 0 Å². The number of fused-ring (bicyclic) bond motifs is 1. The largest absolute Gasteiger partial charge is 0.494 e. The summed E-state index contributed by atoms with van der Waals surface area (Å²) in [5.41, 5.74) is 4.10. The summed E-state index contributed by atoms with van der Waals surface area (Å²) in [5, 5.41) is 9.51. The van der Waals surface area contributed by atoms with Crippen LogP contribution in [0.4, 0.5) is 23.0 Å². The zero-order valence-electron chi connectivity index (χ0n) is 27.4. The number of piperazine rings is 1. The van der Waals surface area contributed by atoms with E-state index in [0.29, 0.717) is 45.6 Å². The molecule has 4 heterocycles. The lowest BCUT2D eigenvalue weighted by molar-refractivity contribution is -0.111. The molecule has 49 heavy (non-hydrogen) atoms. The molecule has 1 amide bonds. The normalized spacial score (nSPS) is 15.6. The molecule has 2 saturated heterocycles. The van der Waals surface area contributed by atoms with E-state index in [0.717, 1.165) is 57.8 Å². The van der Waals surface area contributed by atoms with E-state index in [-0.39, 0.29) is 23.1 Å². The van der Waals surface area contributed by atoms with Crippen molar-refractivity contribution in [3.63, 3.8) is 0 Å². The topological polar surface area (TPSA) is 130 Å². The van der Waals surface area contributed by atoms with Gasteiger partial charge in [-0.05, 0) is 49.2 Å². The Bertz CT molecular complexity index is 2040. The fraction of sp³-hybridized carbons (Fsp3) is 0.270. The molecule has 12 heteroatoms. The van der Waals surface area contributed by atoms with Crippen LogP contribution in [-0.2, 0) is 4.79 Å². The first kappa shape index (κ1) is 32.0. The Kier molecular flexibility index (Phi) is 9.31. The molecule has 0 unspecified atom stereocenters. The fourth-order valence-corrected chi connectivity index (χ4v) is 6.62. The highest BCUT2D eigenvalue weighted by Crippen LogP contribution is 2.33. The fourth-order valence-electron chi connectivity index (χ4n) is 6.62. The molecular weight excluding hydrogens is 618 g/mol. The number of nitrogens with one attached hydrogen (secondary N) is 3. The highest BCUT2D eigenvalue weighted by molar-refractivity contribution is 5.99. The Balaban J connectivity index is 1.20. The van der Waals surface area contributed by atoms with Crippen molar-refractivity contribution < 1.29 is 9.53 Å². The Morgan fingerprint density at radius 3 is 2.51 bits per heavy atom. The van der Waals surface area contributed by atoms with Gasteiger partial charge in [0.15, 0.2) is 5.65 Å². The molecular formula is C37H39N9O3. The second-order valence-corrected chi connectivity index (χ2v) is 12.1. The summed E-state index contributed by atoms with van der Waals surface area (Å²) >= 11 is 0. The summed E-state index contributed by atoms with van der Waals surface area (Å²) in [6.45, 7) is 9.89. The monoisotopic (exact) mass is 657 g/mol. The summed E-state index contributed by atoms with van der Waals surface area (Å²) < 4.78 is 7.31. The maximum absolute atomic E-state index is 14.1. The van der Waals surface area contributed by atoms with Crippen LogP contribution in [0.1, 0.15) is 12.8 Å². The predicted octanol–water partition coefficient (Wildman–Crippen LogP) is 4.59. The van der Waals surface area contributed by atoms with Gasteiger partial charge >= 0.3 is 0 Å². The molecule has 2 aliphatic rings. The van der Waals surface area contributed by atoms with E-state index >= 15 is 0 Å². The molecule has 0 bridgehead atoms. The zero-order chi connectivity index (χ0) is 33.7. The number of carbonyl (C=O) groups is 1. The number of piperidine rings is 1. The number of methoxy groups -OCH3 is 1. The quantitative estimate of drug-likeness (QED) is 0.194. The first-order valence-electron chi connectivity index (χ1n) is 16.5. The van der Waals surface area contributed by atoms with Crippen molar-refractivity contribution in [2.24, 2.45) is 0 Å². The van der Waals surface area contributed by atoms with E-state index in [1.165, 1.54) is 10.6 Å². The van der Waals surface area contributed by atoms with Gasteiger partial charge in [0.2, 0.25) is 11.9 Å². The summed E-state index contributed by atoms with van der Waals surface area (Å²) in [5.74, 6) is 0.572. The third-order valence-electron chi connectivity index (χ3n) is 9.13. The summed E-state index contributed by atoms with van der Waals surface area (Å²) in [4.78, 5) is 45.3. The van der Waals surface area contributed by atoms with Crippen molar-refractivity contribution in [2.45, 2.75) is 18.9 Å². The van der Waals surface area contributed by atoms with E-state index in [1.807, 2.05) is 42.5 Å². The van der Waals surface area contributed by atoms with Gasteiger partial charge in [0.05, 0.1) is 24.7 Å². The number of aromatic nitrogens is 4. The minimum Gasteiger partial charge on any atom is -0.494 e. The van der Waals surface area contributed by atoms with Crippen LogP contribution in [0.3, 0.4) is 0 Å². The molecule has 5 aromatic rings. The molecule has 0 atom stereocenters. The Morgan fingerprint density at radius 2 is 1.76 bits per heavy atom. The second-order valence-electron chi connectivity index (χ2n) is 12.1. The van der Waals surface area contributed by atoms with Crippen molar-refractivity contribution >= 4 is 40.1 Å². The van der Waals surface area contributed by atoms with Crippen LogP contribution in [0.2, 0.25) is 0 Å². The molecule has 3 N–H and O–H groups in total. The van der Waals surface area contributed by atoms with Gasteiger partial charge in [-0.2, -0.15) is 4.98 Å². The standard InChI is InChI=1S/C37H39N9O3/c1-3-33(47)40-26-10-7-11-29(22-26)46-35-31(41-34(36(46)48)25-8-5-4-6-9-25)24-39-37(43-35)42-30-13-12-28(23-32(30)49-2)44-18-14-27(15-19-44)45-20-16-38-17-21-45/h3-13,22-24,27,38H,1,14-21H2,2H3,(H,40,47)(H,39,42,43). The molecule has 7 rings (SSSR count). The first-order valence-corrected chi connectivity index (χ1v) is 16.5. The lowest BCUT2D eigenvalue weighted by Gasteiger charge is -2.41. The van der Waals surface area contributed by atoms with Crippen LogP contribution in [-0.4, -0.2) is 82.7 Å². The number of ether oxygens (including phenoxy) is 1. The number of nitrogens with zero attached hydrogens (tertiary/aromatic N) is 6. The third kappa shape index (κ3) is 6.87. The van der Waals surface area contributed by atoms with Gasteiger partial charge in [0.1, 0.15) is 17.0 Å². The van der Waals surface area contributed by atoms with Gasteiger partial charge < -0.3 is 25.6 Å². The van der Waals surface area contributed by atoms with E-state index in [2.05, 4.69) is 43.4 Å². The van der Waals surface area contributed by atoms with Crippen LogP contribution in [0.5, 0.6) is 5.75 Å². The number of hydrogen-bond donors (Lipinski definition) is 3. The molecule has 12 nitrogen and oxygen atoms in total. The van der Waals surface area contributed by atoms with Gasteiger partial charge in [-0.25, -0.2) is 9.97 Å². The minimum absolute atomic E-state index is 0.257. The highest BCUT2D eigenvalue weighted by atomic mass is 16.5. The van der Waals surface area contributed by atoms with Crippen molar-refractivity contribution in [2.75, 3.05) is 61.9 Å². The number of carbonyl (C=O) groups excluding carboxylic acids is 1. The number of rotatable bonds is 9. The Morgan fingerprint density at radius 1 is 0.959 bits per heavy atom. The average Bonchev–Trinajstić information content (AvgIpc) is 3.15. The van der Waals surface area contributed by atoms with Gasteiger partial charge in [-0.1, -0.05) is 43.0 Å². The summed E-state index contributed by atoms with van der Waals surface area (Å²) in [6, 6.07) is 23.0. The Labute approximate surface area is 284 Å². The molecule has 0 radical (unpaired) electrons. The van der Waals surface area contributed by atoms with Crippen LogP contribution < -0.4 is 31.1 Å². The van der Waals surface area contributed by atoms with E-state index < -0.39 is 0 Å². The minimum atomic E-state index is -0.363. The number of benzene rings is 3. The maximum Gasteiger partial charge on any atom is 0.283 e. The zero-order valence-corrected chi connectivity index (χ0v) is 27.4. The molecule has 2 aliphatic heterocycles. The molecule has 250 valence electrons. The van der Waals surface area contributed by atoms with E-state index in [9.17, 15) is 9.59 Å². The van der Waals surface area contributed by atoms with E-state index in [1.54, 1.807) is 37.6 Å². The molecule has 0 saturated carbocycles. The van der Waals surface area contributed by atoms with Crippen molar-refractivity contribution in [1.82, 2.24) is 29.7 Å². The molecule has 0 aliphatic carbocycles. The SMILES string of the molecule is C=CC(=O)Nc1cccc(-n2c(=O)c(-c3ccccc3)nc3cnc(Nc4ccc(N5CCC(N6CCNCC6)CC5)cc4OC)nc32)c1. The third-order valence-corrected chi connectivity index (χ3v) is 9.13. The van der Waals surface area contributed by atoms with Crippen LogP contribution in [0, 0.1) is 0 Å². The molecule has 2 aromatic heterocycles. The molecule has 0 spiro atoms. The smallest absolute Gasteiger partial charge is 0.283 e. The second kappa shape index (κ2) is 14.3. The average molecular weight is 658 g/mol. The van der Waals surface area contributed by atoms with Crippen LogP contribution in [0.15, 0.2) is 96.4 Å². The van der Waals surface area contributed by atoms with E-state index in [4.69, 9.17) is 14.7 Å². The molecule has 3 aromatic carbocycles. The Hall–Kier alpha value is -5.59. The highest BCUT2D eigenvalue weighted by Gasteiger charge is 2.26. The predicted molar refractivity (Wildman–Crippen MR) is 193 cm³/mol. The lowest BCUT2D eigenvalue weighted by atomic mass is 10.0. The number of anilines is 4. The van der Waals surface area contributed by atoms with Crippen LogP contribution >= 0.6 is 0 Å². The summed E-state index contributed by atoms with van der Waals surface area (Å²) in [7, 11) is 1.65. The number of hydrogen-bond acceptors (Lipinski definition) is 10. The van der Waals surface area contributed by atoms with Crippen molar-refractivity contribution in [3.05, 3.63) is 102 Å². The maximum atomic E-state index is 14.1. The van der Waals surface area contributed by atoms with Gasteiger partial charge in [0, 0.05) is 68.3 Å². The number of amides is 1. The van der Waals surface area contributed by atoms with Gasteiger partial charge in [-0.15, -0.1) is 0 Å². The summed E-state index contributed by atoms with van der Waals surface area (Å²) in [6.07, 6.45) is 5.06. The van der Waals surface area contributed by atoms with Gasteiger partial charge in [-0.3, -0.25) is 19.1 Å². The lowest BCUT2D eigenvalue weighted by Crippen LogP contribution is -2.52. The van der Waals surface area contributed by atoms with Crippen LogP contribution in [0.25, 0.3) is 28.1 Å². The first-order chi connectivity index (χ1) is 24.0.